The standard InChI is InChI=1S/C23H22N4O2S/c1-17(30-16-18-8-3-2-4-9-18)22(28)24-20-11-7-10-19(14-20)15-27-23(29)26-13-6-5-12-21(26)25-27/h2-14,17H,15-16H2,1H3,(H,24,28). The van der Waals surface area contributed by atoms with Crippen molar-refractivity contribution in [3.8, 4) is 0 Å². The van der Waals surface area contributed by atoms with Crippen LogP contribution in [0.5, 0.6) is 0 Å². The summed E-state index contributed by atoms with van der Waals surface area (Å²) in [7, 11) is 0. The summed E-state index contributed by atoms with van der Waals surface area (Å²) in [5.41, 5.74) is 3.22. The summed E-state index contributed by atoms with van der Waals surface area (Å²) in [6.07, 6.45) is 1.70. The number of fused-ring (bicyclic) bond motifs is 1. The van der Waals surface area contributed by atoms with Crippen LogP contribution >= 0.6 is 11.8 Å². The molecular formula is C23H22N4O2S. The third kappa shape index (κ3) is 4.63. The molecule has 1 amide bonds. The predicted molar refractivity (Wildman–Crippen MR) is 121 cm³/mol. The molecule has 0 saturated carbocycles. The lowest BCUT2D eigenvalue weighted by atomic mass is 10.2. The van der Waals surface area contributed by atoms with Crippen LogP contribution in [0.15, 0.2) is 83.8 Å². The number of hydrogen-bond donors (Lipinski definition) is 1. The molecule has 0 bridgehead atoms. The van der Waals surface area contributed by atoms with Gasteiger partial charge in [0.2, 0.25) is 5.91 Å². The highest BCUT2D eigenvalue weighted by Gasteiger charge is 2.14. The summed E-state index contributed by atoms with van der Waals surface area (Å²) < 4.78 is 2.94. The van der Waals surface area contributed by atoms with E-state index in [1.54, 1.807) is 30.1 Å². The Labute approximate surface area is 178 Å². The van der Waals surface area contributed by atoms with E-state index in [2.05, 4.69) is 22.5 Å². The second-order valence-electron chi connectivity index (χ2n) is 7.00. The number of benzene rings is 2. The summed E-state index contributed by atoms with van der Waals surface area (Å²) in [5.74, 6) is 0.740. The molecule has 2 aromatic carbocycles. The highest BCUT2D eigenvalue weighted by molar-refractivity contribution is 7.99. The molecule has 1 N–H and O–H groups in total. The van der Waals surface area contributed by atoms with Crippen molar-refractivity contribution in [2.45, 2.75) is 24.5 Å². The van der Waals surface area contributed by atoms with Gasteiger partial charge >= 0.3 is 5.69 Å². The number of hydrogen-bond acceptors (Lipinski definition) is 4. The molecule has 0 aliphatic heterocycles. The summed E-state index contributed by atoms with van der Waals surface area (Å²) in [6, 6.07) is 23.1. The number of pyridine rings is 1. The fourth-order valence-corrected chi connectivity index (χ4v) is 3.95. The van der Waals surface area contributed by atoms with E-state index in [4.69, 9.17) is 0 Å². The van der Waals surface area contributed by atoms with Crippen molar-refractivity contribution in [1.82, 2.24) is 14.2 Å². The van der Waals surface area contributed by atoms with Gasteiger partial charge in [0.25, 0.3) is 0 Å². The first-order chi connectivity index (χ1) is 14.6. The SMILES string of the molecule is CC(SCc1ccccc1)C(=O)Nc1cccc(Cn2nc3ccccn3c2=O)c1. The van der Waals surface area contributed by atoms with Gasteiger partial charge in [-0.15, -0.1) is 16.9 Å². The molecule has 0 aliphatic carbocycles. The maximum atomic E-state index is 12.6. The Hall–Kier alpha value is -3.32. The quantitative estimate of drug-likeness (QED) is 0.496. The molecule has 1 unspecified atom stereocenters. The summed E-state index contributed by atoms with van der Waals surface area (Å²) in [4.78, 5) is 25.0. The van der Waals surface area contributed by atoms with Gasteiger partial charge in [0.1, 0.15) is 0 Å². The Morgan fingerprint density at radius 3 is 2.60 bits per heavy atom. The van der Waals surface area contributed by atoms with Crippen LogP contribution < -0.4 is 11.0 Å². The van der Waals surface area contributed by atoms with Gasteiger partial charge in [0, 0.05) is 17.6 Å². The van der Waals surface area contributed by atoms with Gasteiger partial charge < -0.3 is 5.32 Å². The van der Waals surface area contributed by atoms with E-state index < -0.39 is 0 Å². The second-order valence-corrected chi connectivity index (χ2v) is 8.33. The predicted octanol–water partition coefficient (Wildman–Crippen LogP) is 3.80. The monoisotopic (exact) mass is 418 g/mol. The Bertz CT molecular complexity index is 1220. The van der Waals surface area contributed by atoms with Crippen LogP contribution in [-0.4, -0.2) is 25.3 Å². The van der Waals surface area contributed by atoms with Crippen LogP contribution in [0, 0.1) is 0 Å². The van der Waals surface area contributed by atoms with Gasteiger partial charge in [-0.2, -0.15) is 0 Å². The number of anilines is 1. The fraction of sp³-hybridized carbons (Fsp3) is 0.174. The molecule has 4 aromatic rings. The highest BCUT2D eigenvalue weighted by Crippen LogP contribution is 2.20. The van der Waals surface area contributed by atoms with Crippen LogP contribution in [0.4, 0.5) is 5.69 Å². The van der Waals surface area contributed by atoms with Crippen LogP contribution in [-0.2, 0) is 17.1 Å². The summed E-state index contributed by atoms with van der Waals surface area (Å²) in [5, 5.41) is 7.14. The first kappa shape index (κ1) is 20.0. The van der Waals surface area contributed by atoms with Gasteiger partial charge in [-0.05, 0) is 42.3 Å². The Morgan fingerprint density at radius 2 is 1.80 bits per heavy atom. The first-order valence-electron chi connectivity index (χ1n) is 9.70. The molecule has 0 saturated heterocycles. The molecular weight excluding hydrogens is 396 g/mol. The van der Waals surface area contributed by atoms with Gasteiger partial charge in [0.05, 0.1) is 11.8 Å². The van der Waals surface area contributed by atoms with Crippen molar-refractivity contribution in [2.24, 2.45) is 0 Å². The van der Waals surface area contributed by atoms with E-state index in [9.17, 15) is 9.59 Å². The van der Waals surface area contributed by atoms with E-state index in [0.29, 0.717) is 17.9 Å². The van der Waals surface area contributed by atoms with Crippen molar-refractivity contribution in [2.75, 3.05) is 5.32 Å². The molecule has 152 valence electrons. The van der Waals surface area contributed by atoms with E-state index >= 15 is 0 Å². The molecule has 7 heteroatoms. The van der Waals surface area contributed by atoms with Crippen LogP contribution in [0.25, 0.3) is 5.65 Å². The normalized spacial score (nSPS) is 12.0. The largest absolute Gasteiger partial charge is 0.350 e. The van der Waals surface area contributed by atoms with Crippen LogP contribution in [0.1, 0.15) is 18.1 Å². The number of carbonyl (C=O) groups is 1. The molecule has 1 atom stereocenters. The average Bonchev–Trinajstić information content (AvgIpc) is 3.08. The van der Waals surface area contributed by atoms with Gasteiger partial charge in [-0.1, -0.05) is 48.5 Å². The number of amides is 1. The van der Waals surface area contributed by atoms with Crippen molar-refractivity contribution >= 4 is 29.0 Å². The van der Waals surface area contributed by atoms with Gasteiger partial charge in [-0.25, -0.2) is 9.48 Å². The molecule has 2 aromatic heterocycles. The molecule has 30 heavy (non-hydrogen) atoms. The fourth-order valence-electron chi connectivity index (χ4n) is 3.11. The second kappa shape index (κ2) is 9.00. The van der Waals surface area contributed by atoms with E-state index in [1.165, 1.54) is 14.6 Å². The topological polar surface area (TPSA) is 68.4 Å². The molecule has 0 fully saturated rings. The average molecular weight is 419 g/mol. The smallest absolute Gasteiger partial charge is 0.325 e. The number of nitrogens with one attached hydrogen (secondary N) is 1. The highest BCUT2D eigenvalue weighted by atomic mass is 32.2. The number of rotatable bonds is 7. The number of nitrogens with zero attached hydrogens (tertiary/aromatic N) is 3. The maximum absolute atomic E-state index is 12.6. The van der Waals surface area contributed by atoms with E-state index in [0.717, 1.165) is 11.3 Å². The lowest BCUT2D eigenvalue weighted by Gasteiger charge is -2.13. The third-order valence-corrected chi connectivity index (χ3v) is 5.94. The minimum Gasteiger partial charge on any atom is -0.325 e. The Morgan fingerprint density at radius 1 is 1.03 bits per heavy atom. The van der Waals surface area contributed by atoms with E-state index in [1.807, 2.05) is 55.5 Å². The lowest BCUT2D eigenvalue weighted by molar-refractivity contribution is -0.115. The van der Waals surface area contributed by atoms with Crippen molar-refractivity contribution in [3.05, 3.63) is 101 Å². The zero-order chi connectivity index (χ0) is 20.9. The lowest BCUT2D eigenvalue weighted by Crippen LogP contribution is -2.23. The molecule has 4 rings (SSSR count). The minimum absolute atomic E-state index is 0.0435. The van der Waals surface area contributed by atoms with Crippen molar-refractivity contribution in [3.63, 3.8) is 0 Å². The number of thioether (sulfide) groups is 1. The first-order valence-corrected chi connectivity index (χ1v) is 10.7. The number of carbonyl (C=O) groups excluding carboxylic acids is 1. The molecule has 2 heterocycles. The van der Waals surface area contributed by atoms with Crippen molar-refractivity contribution in [1.29, 1.82) is 0 Å². The number of aromatic nitrogens is 3. The molecule has 0 aliphatic rings. The summed E-state index contributed by atoms with van der Waals surface area (Å²) >= 11 is 1.60. The van der Waals surface area contributed by atoms with Crippen molar-refractivity contribution < 1.29 is 4.79 Å². The Balaban J connectivity index is 1.40. The Kier molecular flexibility index (Phi) is 5.99. The third-order valence-electron chi connectivity index (χ3n) is 4.73. The van der Waals surface area contributed by atoms with Gasteiger partial charge in [0.15, 0.2) is 5.65 Å². The minimum atomic E-state index is -0.189. The van der Waals surface area contributed by atoms with Gasteiger partial charge in [-0.3, -0.25) is 9.20 Å². The zero-order valence-electron chi connectivity index (χ0n) is 16.6. The summed E-state index contributed by atoms with van der Waals surface area (Å²) in [6.45, 7) is 2.24. The molecule has 0 radical (unpaired) electrons. The molecule has 0 spiro atoms. The van der Waals surface area contributed by atoms with Crippen LogP contribution in [0.2, 0.25) is 0 Å². The van der Waals surface area contributed by atoms with E-state index in [-0.39, 0.29) is 16.8 Å². The zero-order valence-corrected chi connectivity index (χ0v) is 17.4. The maximum Gasteiger partial charge on any atom is 0.350 e. The van der Waals surface area contributed by atoms with Crippen LogP contribution in [0.3, 0.4) is 0 Å². The molecule has 6 nitrogen and oxygen atoms in total.